The Morgan fingerprint density at radius 1 is 0.905 bits per heavy atom. The standard InChI is InChI=1S/C11H27NO7P2/c1-2-3-4-5-6-7-8-9-10-11(12,20(13,14)15)19-21(16,17)18/h2-10,12H2,1H3,(H2,13,14,15)(H2,16,17,18). The number of phosphoric acid groups is 1. The van der Waals surface area contributed by atoms with Gasteiger partial charge in [-0.05, 0) is 6.42 Å². The average molecular weight is 347 g/mol. The van der Waals surface area contributed by atoms with Gasteiger partial charge in [-0.3, -0.25) is 14.8 Å². The van der Waals surface area contributed by atoms with Gasteiger partial charge in [0, 0.05) is 6.42 Å². The van der Waals surface area contributed by atoms with Gasteiger partial charge >= 0.3 is 15.4 Å². The molecule has 0 heterocycles. The Bertz CT molecular complexity index is 381. The lowest BCUT2D eigenvalue weighted by molar-refractivity contribution is 0.0704. The van der Waals surface area contributed by atoms with E-state index in [1.807, 2.05) is 0 Å². The molecule has 0 aromatic carbocycles. The molecule has 0 rings (SSSR count). The second kappa shape index (κ2) is 9.38. The fourth-order valence-corrected chi connectivity index (χ4v) is 3.66. The van der Waals surface area contributed by atoms with Crippen LogP contribution in [-0.4, -0.2) is 25.0 Å². The summed E-state index contributed by atoms with van der Waals surface area (Å²) in [7, 11) is -10.1. The summed E-state index contributed by atoms with van der Waals surface area (Å²) in [4.78, 5) is 35.6. The van der Waals surface area contributed by atoms with Crippen LogP contribution < -0.4 is 5.73 Å². The van der Waals surface area contributed by atoms with Crippen LogP contribution in [0.2, 0.25) is 0 Å². The molecule has 1 unspecified atom stereocenters. The molecule has 0 amide bonds. The third kappa shape index (κ3) is 9.76. The van der Waals surface area contributed by atoms with Gasteiger partial charge in [0.05, 0.1) is 0 Å². The lowest BCUT2D eigenvalue weighted by Crippen LogP contribution is -2.41. The highest BCUT2D eigenvalue weighted by Crippen LogP contribution is 2.57. The molecular formula is C11H27NO7P2. The summed E-state index contributed by atoms with van der Waals surface area (Å²) < 4.78 is 26.2. The first-order chi connectivity index (χ1) is 9.52. The molecular weight excluding hydrogens is 320 g/mol. The van der Waals surface area contributed by atoms with Gasteiger partial charge in [-0.2, -0.15) is 0 Å². The summed E-state index contributed by atoms with van der Waals surface area (Å²) in [5.74, 6) is 0. The van der Waals surface area contributed by atoms with Gasteiger partial charge in [0.15, 0.2) is 0 Å². The summed E-state index contributed by atoms with van der Waals surface area (Å²) in [6, 6.07) is 0. The van der Waals surface area contributed by atoms with E-state index in [1.54, 1.807) is 0 Å². The normalized spacial score (nSPS) is 15.9. The summed E-state index contributed by atoms with van der Waals surface area (Å²) >= 11 is 0. The van der Waals surface area contributed by atoms with Gasteiger partial charge in [-0.25, -0.2) is 4.57 Å². The number of rotatable bonds is 12. The topological polar surface area (TPSA) is 150 Å². The first-order valence-corrected chi connectivity index (χ1v) is 10.3. The quantitative estimate of drug-likeness (QED) is 0.205. The fraction of sp³-hybridized carbons (Fsp3) is 1.00. The van der Waals surface area contributed by atoms with Crippen LogP contribution in [-0.2, 0) is 13.7 Å². The van der Waals surface area contributed by atoms with Crippen molar-refractivity contribution in [1.29, 1.82) is 0 Å². The van der Waals surface area contributed by atoms with Crippen molar-refractivity contribution in [1.82, 2.24) is 0 Å². The minimum atomic E-state index is -5.07. The second-order valence-electron chi connectivity index (χ2n) is 5.20. The predicted molar refractivity (Wildman–Crippen MR) is 79.3 cm³/mol. The average Bonchev–Trinajstić information content (AvgIpc) is 2.29. The van der Waals surface area contributed by atoms with E-state index in [0.717, 1.165) is 25.7 Å². The van der Waals surface area contributed by atoms with Gasteiger partial charge < -0.3 is 19.6 Å². The summed E-state index contributed by atoms with van der Waals surface area (Å²) in [6.45, 7) is 2.13. The Kier molecular flexibility index (Phi) is 9.48. The van der Waals surface area contributed by atoms with E-state index in [1.165, 1.54) is 12.8 Å². The van der Waals surface area contributed by atoms with Crippen LogP contribution in [0.1, 0.15) is 64.7 Å². The van der Waals surface area contributed by atoms with Gasteiger partial charge in [0.25, 0.3) is 0 Å². The smallest absolute Gasteiger partial charge is 0.321 e. The monoisotopic (exact) mass is 347 g/mol. The highest BCUT2D eigenvalue weighted by Gasteiger charge is 2.48. The molecule has 0 spiro atoms. The largest absolute Gasteiger partial charge is 0.471 e. The highest BCUT2D eigenvalue weighted by atomic mass is 31.2. The van der Waals surface area contributed by atoms with Crippen LogP contribution in [0.5, 0.6) is 0 Å². The Balaban J connectivity index is 4.16. The maximum absolute atomic E-state index is 11.3. The fourth-order valence-electron chi connectivity index (χ4n) is 1.96. The van der Waals surface area contributed by atoms with E-state index in [2.05, 4.69) is 11.4 Å². The molecule has 0 saturated carbocycles. The van der Waals surface area contributed by atoms with Crippen LogP contribution in [0.3, 0.4) is 0 Å². The number of unbranched alkanes of at least 4 members (excludes halogenated alkanes) is 7. The van der Waals surface area contributed by atoms with Gasteiger partial charge in [-0.1, -0.05) is 51.9 Å². The molecule has 6 N–H and O–H groups in total. The molecule has 1 atom stereocenters. The maximum atomic E-state index is 11.3. The maximum Gasteiger partial charge on any atom is 0.471 e. The first kappa shape index (κ1) is 21.2. The number of nitrogens with two attached hydrogens (primary N) is 1. The Morgan fingerprint density at radius 2 is 1.33 bits per heavy atom. The van der Waals surface area contributed by atoms with Crippen molar-refractivity contribution in [2.45, 2.75) is 70.2 Å². The summed E-state index contributed by atoms with van der Waals surface area (Å²) in [5, 5.41) is 0. The van der Waals surface area contributed by atoms with Crippen LogP contribution in [0.25, 0.3) is 0 Å². The molecule has 21 heavy (non-hydrogen) atoms. The summed E-state index contributed by atoms with van der Waals surface area (Å²) in [5.41, 5.74) is 2.73. The zero-order valence-electron chi connectivity index (χ0n) is 12.3. The molecule has 0 radical (unpaired) electrons. The minimum absolute atomic E-state index is 0.308. The predicted octanol–water partition coefficient (Wildman–Crippen LogP) is 2.42. The van der Waals surface area contributed by atoms with E-state index in [-0.39, 0.29) is 6.42 Å². The van der Waals surface area contributed by atoms with E-state index >= 15 is 0 Å². The zero-order chi connectivity index (χ0) is 16.6. The SMILES string of the molecule is CCCCCCCCCCC(N)(OP(=O)(O)O)P(=O)(O)O. The van der Waals surface area contributed by atoms with Crippen LogP contribution in [0, 0.1) is 0 Å². The second-order valence-corrected chi connectivity index (χ2v) is 8.20. The van der Waals surface area contributed by atoms with Crippen LogP contribution in [0.4, 0.5) is 0 Å². The highest BCUT2D eigenvalue weighted by molar-refractivity contribution is 7.54. The van der Waals surface area contributed by atoms with Gasteiger partial charge in [0.2, 0.25) is 5.47 Å². The van der Waals surface area contributed by atoms with Crippen molar-refractivity contribution in [3.8, 4) is 0 Å². The zero-order valence-corrected chi connectivity index (χ0v) is 14.1. The third-order valence-electron chi connectivity index (χ3n) is 3.16. The van der Waals surface area contributed by atoms with E-state index in [0.29, 0.717) is 12.8 Å². The molecule has 10 heteroatoms. The molecule has 0 aromatic heterocycles. The minimum Gasteiger partial charge on any atom is -0.321 e. The molecule has 128 valence electrons. The van der Waals surface area contributed by atoms with E-state index < -0.39 is 20.9 Å². The number of phosphoric ester groups is 1. The molecule has 8 nitrogen and oxygen atoms in total. The number of hydrogen-bond donors (Lipinski definition) is 5. The number of hydrogen-bond acceptors (Lipinski definition) is 4. The Labute approximate surface area is 125 Å². The van der Waals surface area contributed by atoms with E-state index in [9.17, 15) is 9.13 Å². The van der Waals surface area contributed by atoms with Crippen molar-refractivity contribution >= 4 is 15.4 Å². The lowest BCUT2D eigenvalue weighted by Gasteiger charge is -2.29. The lowest BCUT2D eigenvalue weighted by atomic mass is 10.1. The van der Waals surface area contributed by atoms with Crippen molar-refractivity contribution in [3.63, 3.8) is 0 Å². The Morgan fingerprint density at radius 3 is 1.71 bits per heavy atom. The van der Waals surface area contributed by atoms with E-state index in [4.69, 9.17) is 25.3 Å². The van der Waals surface area contributed by atoms with Gasteiger partial charge in [0.1, 0.15) is 0 Å². The molecule has 0 aromatic rings. The van der Waals surface area contributed by atoms with Crippen molar-refractivity contribution in [3.05, 3.63) is 0 Å². The molecule has 0 aliphatic heterocycles. The molecule has 0 aliphatic rings. The molecule has 0 bridgehead atoms. The van der Waals surface area contributed by atoms with Crippen molar-refractivity contribution in [2.75, 3.05) is 0 Å². The molecule has 0 saturated heterocycles. The molecule has 0 aliphatic carbocycles. The van der Waals surface area contributed by atoms with Gasteiger partial charge in [-0.15, -0.1) is 0 Å². The third-order valence-corrected chi connectivity index (χ3v) is 5.17. The van der Waals surface area contributed by atoms with Crippen LogP contribution >= 0.6 is 15.4 Å². The molecule has 0 fully saturated rings. The van der Waals surface area contributed by atoms with Crippen molar-refractivity contribution in [2.24, 2.45) is 5.73 Å². The Hall–Kier alpha value is 0.220. The van der Waals surface area contributed by atoms with Crippen molar-refractivity contribution < 1.29 is 33.2 Å². The first-order valence-electron chi connectivity index (χ1n) is 7.12. The van der Waals surface area contributed by atoms with Crippen LogP contribution in [0.15, 0.2) is 0 Å². The summed E-state index contributed by atoms with van der Waals surface area (Å²) in [6.07, 6.45) is 7.24.